The summed E-state index contributed by atoms with van der Waals surface area (Å²) in [6.45, 7) is 1.85. The largest absolute Gasteiger partial charge is 0.496 e. The van der Waals surface area contributed by atoms with Crippen LogP contribution < -0.4 is 14.8 Å². The van der Waals surface area contributed by atoms with Gasteiger partial charge in [-0.15, -0.1) is 0 Å². The van der Waals surface area contributed by atoms with Gasteiger partial charge >= 0.3 is 0 Å². The molecule has 0 aliphatic heterocycles. The highest BCUT2D eigenvalue weighted by atomic mass is 35.5. The number of halogens is 2. The van der Waals surface area contributed by atoms with Crippen LogP contribution in [0.5, 0.6) is 11.5 Å². The summed E-state index contributed by atoms with van der Waals surface area (Å²) in [5.41, 5.74) is 4.67. The second-order valence-corrected chi connectivity index (χ2v) is 8.21. The number of nitrogens with one attached hydrogen (secondary N) is 1. The monoisotopic (exact) mass is 481 g/mol. The minimum absolute atomic E-state index is 0.291. The van der Waals surface area contributed by atoms with Crippen molar-refractivity contribution < 1.29 is 18.7 Å². The molecule has 5 nitrogen and oxygen atoms in total. The Labute approximate surface area is 201 Å². The molecule has 0 saturated heterocycles. The lowest BCUT2D eigenvalue weighted by Crippen LogP contribution is -2.08. The number of ether oxygens (including phenoxy) is 2. The first-order valence-electron chi connectivity index (χ1n) is 10.1. The van der Waals surface area contributed by atoms with Crippen LogP contribution in [0.3, 0.4) is 0 Å². The van der Waals surface area contributed by atoms with Crippen LogP contribution in [0.15, 0.2) is 71.4 Å². The maximum absolute atomic E-state index is 12.7. The summed E-state index contributed by atoms with van der Waals surface area (Å²) in [6.07, 6.45) is 3.22. The number of allylic oxidation sites excluding steroid dienone is 1. The van der Waals surface area contributed by atoms with Crippen LogP contribution >= 0.6 is 23.2 Å². The number of anilines is 1. The van der Waals surface area contributed by atoms with E-state index in [0.29, 0.717) is 32.8 Å². The molecule has 0 fully saturated rings. The molecule has 1 aromatic heterocycles. The fraction of sp³-hybridized carbons (Fsp3) is 0.115. The number of carbonyl (C=O) groups is 1. The highest BCUT2D eigenvalue weighted by Gasteiger charge is 2.15. The Balaban J connectivity index is 1.67. The average Bonchev–Trinajstić information content (AvgIpc) is 3.21. The van der Waals surface area contributed by atoms with Crippen molar-refractivity contribution in [1.29, 1.82) is 0 Å². The lowest BCUT2D eigenvalue weighted by molar-refractivity contribution is -0.111. The van der Waals surface area contributed by atoms with Gasteiger partial charge < -0.3 is 19.2 Å². The van der Waals surface area contributed by atoms with Crippen LogP contribution in [0.1, 0.15) is 12.5 Å². The maximum Gasteiger partial charge on any atom is 0.248 e. The Morgan fingerprint density at radius 1 is 0.970 bits per heavy atom. The fourth-order valence-corrected chi connectivity index (χ4v) is 3.97. The van der Waals surface area contributed by atoms with Crippen LogP contribution in [-0.2, 0) is 4.79 Å². The minimum Gasteiger partial charge on any atom is -0.496 e. The Hall–Kier alpha value is -3.41. The summed E-state index contributed by atoms with van der Waals surface area (Å²) in [5, 5.41) is 4.80. The van der Waals surface area contributed by atoms with Gasteiger partial charge in [-0.25, -0.2) is 0 Å². The summed E-state index contributed by atoms with van der Waals surface area (Å²) in [6, 6.07) is 16.4. The molecule has 1 amide bonds. The zero-order valence-electron chi connectivity index (χ0n) is 18.2. The van der Waals surface area contributed by atoms with Crippen molar-refractivity contribution >= 4 is 51.3 Å². The van der Waals surface area contributed by atoms with E-state index in [4.69, 9.17) is 37.1 Å². The summed E-state index contributed by atoms with van der Waals surface area (Å²) in [4.78, 5) is 12.7. The summed E-state index contributed by atoms with van der Waals surface area (Å²) in [5.74, 6) is 0.852. The predicted octanol–water partition coefficient (Wildman–Crippen LogP) is 7.47. The number of furan rings is 1. The molecule has 1 heterocycles. The number of benzene rings is 3. The van der Waals surface area contributed by atoms with Crippen molar-refractivity contribution in [2.75, 3.05) is 19.5 Å². The van der Waals surface area contributed by atoms with Crippen LogP contribution in [0.25, 0.3) is 27.7 Å². The van der Waals surface area contributed by atoms with Gasteiger partial charge in [0.15, 0.2) is 0 Å². The van der Waals surface area contributed by atoms with Crippen LogP contribution in [0, 0.1) is 0 Å². The Morgan fingerprint density at radius 2 is 1.70 bits per heavy atom. The van der Waals surface area contributed by atoms with E-state index in [1.54, 1.807) is 31.6 Å². The molecular formula is C26H21Cl2NO4. The molecular weight excluding hydrogens is 461 g/mol. The standard InChI is InChI=1S/C26H21Cl2NO4/c1-15(10-26(30)29-18-8-9-23(31-2)22(28)11-18)19-12-20-21(16-4-6-17(27)7-5-16)14-33-25(20)13-24(19)32-3/h4-14H,1-3H3,(H,29,30)/b15-10+. The third-order valence-corrected chi connectivity index (χ3v) is 5.79. The Kier molecular flexibility index (Phi) is 6.63. The average molecular weight is 482 g/mol. The van der Waals surface area contributed by atoms with Crippen molar-refractivity contribution in [2.45, 2.75) is 6.92 Å². The summed E-state index contributed by atoms with van der Waals surface area (Å²) < 4.78 is 16.5. The van der Waals surface area contributed by atoms with Crippen molar-refractivity contribution in [1.82, 2.24) is 0 Å². The maximum atomic E-state index is 12.7. The van der Waals surface area contributed by atoms with Gasteiger partial charge in [-0.1, -0.05) is 35.3 Å². The quantitative estimate of drug-likeness (QED) is 0.290. The molecule has 1 N–H and O–H groups in total. The van der Waals surface area contributed by atoms with Gasteiger partial charge in [-0.2, -0.15) is 0 Å². The van der Waals surface area contributed by atoms with E-state index in [9.17, 15) is 4.79 Å². The number of fused-ring (bicyclic) bond motifs is 1. The van der Waals surface area contributed by atoms with E-state index in [0.717, 1.165) is 27.6 Å². The lowest BCUT2D eigenvalue weighted by atomic mass is 9.99. The number of rotatable bonds is 6. The van der Waals surface area contributed by atoms with E-state index in [1.165, 1.54) is 13.2 Å². The molecule has 33 heavy (non-hydrogen) atoms. The van der Waals surface area contributed by atoms with Gasteiger partial charge in [0.1, 0.15) is 17.1 Å². The van der Waals surface area contributed by atoms with Crippen LogP contribution in [0.4, 0.5) is 5.69 Å². The third-order valence-electron chi connectivity index (χ3n) is 5.24. The van der Waals surface area contributed by atoms with Gasteiger partial charge in [-0.3, -0.25) is 4.79 Å². The molecule has 0 radical (unpaired) electrons. The minimum atomic E-state index is -0.291. The highest BCUT2D eigenvalue weighted by Crippen LogP contribution is 2.37. The zero-order valence-corrected chi connectivity index (χ0v) is 19.8. The summed E-state index contributed by atoms with van der Waals surface area (Å²) in [7, 11) is 3.12. The fourth-order valence-electron chi connectivity index (χ4n) is 3.58. The van der Waals surface area contributed by atoms with Gasteiger partial charge in [0, 0.05) is 39.4 Å². The number of methoxy groups -OCH3 is 2. The molecule has 0 unspecified atom stereocenters. The summed E-state index contributed by atoms with van der Waals surface area (Å²) >= 11 is 12.2. The van der Waals surface area contributed by atoms with E-state index < -0.39 is 0 Å². The van der Waals surface area contributed by atoms with Crippen molar-refractivity contribution in [3.8, 4) is 22.6 Å². The second-order valence-electron chi connectivity index (χ2n) is 7.37. The number of hydrogen-bond acceptors (Lipinski definition) is 4. The van der Waals surface area contributed by atoms with E-state index in [-0.39, 0.29) is 5.91 Å². The molecule has 0 atom stereocenters. The number of carbonyl (C=O) groups excluding carboxylic acids is 1. The second kappa shape index (κ2) is 9.61. The van der Waals surface area contributed by atoms with Gasteiger partial charge in [0.2, 0.25) is 5.91 Å². The van der Waals surface area contributed by atoms with Crippen molar-refractivity contribution in [3.05, 3.63) is 82.5 Å². The molecule has 0 aliphatic rings. The Bertz CT molecular complexity index is 1360. The van der Waals surface area contributed by atoms with E-state index in [2.05, 4.69) is 5.32 Å². The first kappa shape index (κ1) is 22.8. The first-order valence-corrected chi connectivity index (χ1v) is 10.8. The van der Waals surface area contributed by atoms with E-state index >= 15 is 0 Å². The van der Waals surface area contributed by atoms with Gasteiger partial charge in [-0.05, 0) is 54.5 Å². The number of hydrogen-bond donors (Lipinski definition) is 1. The molecule has 0 saturated carbocycles. The predicted molar refractivity (Wildman–Crippen MR) is 133 cm³/mol. The molecule has 0 aliphatic carbocycles. The SMILES string of the molecule is COc1ccc(NC(=O)/C=C(\C)c2cc3c(-c4ccc(Cl)cc4)coc3cc2OC)cc1Cl. The molecule has 3 aromatic carbocycles. The van der Waals surface area contributed by atoms with E-state index in [1.807, 2.05) is 43.3 Å². The van der Waals surface area contributed by atoms with Gasteiger partial charge in [0.25, 0.3) is 0 Å². The molecule has 168 valence electrons. The lowest BCUT2D eigenvalue weighted by Gasteiger charge is -2.11. The molecule has 7 heteroatoms. The normalized spacial score (nSPS) is 11.5. The van der Waals surface area contributed by atoms with Crippen molar-refractivity contribution in [2.24, 2.45) is 0 Å². The van der Waals surface area contributed by atoms with Crippen LogP contribution in [0.2, 0.25) is 10.0 Å². The molecule has 4 rings (SSSR count). The van der Waals surface area contributed by atoms with Crippen molar-refractivity contribution in [3.63, 3.8) is 0 Å². The smallest absolute Gasteiger partial charge is 0.248 e. The Morgan fingerprint density at radius 3 is 2.36 bits per heavy atom. The van der Waals surface area contributed by atoms with Gasteiger partial charge in [0.05, 0.1) is 25.5 Å². The highest BCUT2D eigenvalue weighted by molar-refractivity contribution is 6.32. The van der Waals surface area contributed by atoms with Crippen LogP contribution in [-0.4, -0.2) is 20.1 Å². The molecule has 0 spiro atoms. The molecule has 4 aromatic rings. The topological polar surface area (TPSA) is 60.7 Å². The number of amides is 1. The zero-order chi connectivity index (χ0) is 23.5. The first-order chi connectivity index (χ1) is 15.9. The third kappa shape index (κ3) is 4.85. The molecule has 0 bridgehead atoms.